The van der Waals surface area contributed by atoms with Gasteiger partial charge in [0.25, 0.3) is 0 Å². The summed E-state index contributed by atoms with van der Waals surface area (Å²) in [5.74, 6) is -0.998. The van der Waals surface area contributed by atoms with E-state index in [4.69, 9.17) is 0 Å². The number of nitrogens with zero attached hydrogens (tertiary/aromatic N) is 1. The highest BCUT2D eigenvalue weighted by molar-refractivity contribution is 6.12. The number of amides is 2. The standard InChI is InChI=1S/C17H14N2O2/c1-19-13-9-5-3-7-11(13)15(17(19)21)14-10-6-2-4-8-12(10)18-16(14)20/h2-9,14-15H,1H3,(H,18,20)/t14-,15+/m1/s1. The lowest BCUT2D eigenvalue weighted by atomic mass is 9.83. The van der Waals surface area contributed by atoms with Crippen LogP contribution < -0.4 is 10.2 Å². The summed E-state index contributed by atoms with van der Waals surface area (Å²) < 4.78 is 0. The summed E-state index contributed by atoms with van der Waals surface area (Å²) in [6, 6.07) is 15.3. The Morgan fingerprint density at radius 1 is 0.905 bits per heavy atom. The van der Waals surface area contributed by atoms with Crippen LogP contribution in [0.15, 0.2) is 48.5 Å². The lowest BCUT2D eigenvalue weighted by Gasteiger charge is -2.16. The van der Waals surface area contributed by atoms with Crippen LogP contribution in [0.3, 0.4) is 0 Å². The summed E-state index contributed by atoms with van der Waals surface area (Å²) in [5, 5.41) is 2.88. The van der Waals surface area contributed by atoms with Crippen LogP contribution in [0, 0.1) is 0 Å². The highest BCUT2D eigenvalue weighted by Crippen LogP contribution is 2.48. The number of hydrogen-bond acceptors (Lipinski definition) is 2. The van der Waals surface area contributed by atoms with E-state index >= 15 is 0 Å². The fourth-order valence-corrected chi connectivity index (χ4v) is 3.40. The van der Waals surface area contributed by atoms with Gasteiger partial charge in [-0.1, -0.05) is 36.4 Å². The summed E-state index contributed by atoms with van der Waals surface area (Å²) in [6.45, 7) is 0. The molecule has 1 N–H and O–H groups in total. The zero-order chi connectivity index (χ0) is 14.6. The molecule has 4 heteroatoms. The highest BCUT2D eigenvalue weighted by atomic mass is 16.2. The topological polar surface area (TPSA) is 49.4 Å². The van der Waals surface area contributed by atoms with E-state index in [1.165, 1.54) is 0 Å². The SMILES string of the molecule is CN1C(=O)[C@H]([C@@H]2C(=O)Nc3ccccc32)c2ccccc21. The molecule has 0 spiro atoms. The predicted octanol–water partition coefficient (Wildman–Crippen LogP) is 2.48. The first kappa shape index (κ1) is 12.1. The number of fused-ring (bicyclic) bond motifs is 2. The van der Waals surface area contributed by atoms with Crippen molar-refractivity contribution in [2.24, 2.45) is 0 Å². The Hall–Kier alpha value is -2.62. The monoisotopic (exact) mass is 278 g/mol. The summed E-state index contributed by atoms with van der Waals surface area (Å²) in [7, 11) is 1.76. The second-order valence-electron chi connectivity index (χ2n) is 5.49. The third-order valence-corrected chi connectivity index (χ3v) is 4.40. The maximum absolute atomic E-state index is 12.7. The molecular weight excluding hydrogens is 264 g/mol. The molecule has 0 aliphatic carbocycles. The van der Waals surface area contributed by atoms with Crippen molar-refractivity contribution < 1.29 is 9.59 Å². The zero-order valence-corrected chi connectivity index (χ0v) is 11.5. The van der Waals surface area contributed by atoms with Gasteiger partial charge in [-0.15, -0.1) is 0 Å². The smallest absolute Gasteiger partial charge is 0.235 e. The third-order valence-electron chi connectivity index (χ3n) is 4.40. The molecule has 0 saturated heterocycles. The molecule has 4 rings (SSSR count). The van der Waals surface area contributed by atoms with Crippen LogP contribution in [0.4, 0.5) is 11.4 Å². The molecule has 2 aromatic rings. The van der Waals surface area contributed by atoms with Gasteiger partial charge in [0, 0.05) is 18.4 Å². The van der Waals surface area contributed by atoms with Crippen LogP contribution in [0.2, 0.25) is 0 Å². The van der Waals surface area contributed by atoms with Crippen LogP contribution >= 0.6 is 0 Å². The lowest BCUT2D eigenvalue weighted by molar-refractivity contribution is -0.124. The van der Waals surface area contributed by atoms with Gasteiger partial charge in [-0.2, -0.15) is 0 Å². The number of likely N-dealkylation sites (N-methyl/N-ethyl adjacent to an activating group) is 1. The second kappa shape index (κ2) is 4.19. The predicted molar refractivity (Wildman–Crippen MR) is 80.4 cm³/mol. The molecule has 2 aliphatic heterocycles. The lowest BCUT2D eigenvalue weighted by Crippen LogP contribution is -2.29. The molecule has 21 heavy (non-hydrogen) atoms. The minimum Gasteiger partial charge on any atom is -0.325 e. The van der Waals surface area contributed by atoms with Gasteiger partial charge in [-0.3, -0.25) is 9.59 Å². The largest absolute Gasteiger partial charge is 0.325 e. The van der Waals surface area contributed by atoms with Gasteiger partial charge < -0.3 is 10.2 Å². The van der Waals surface area contributed by atoms with Crippen molar-refractivity contribution in [3.8, 4) is 0 Å². The summed E-state index contributed by atoms with van der Waals surface area (Å²) >= 11 is 0. The third kappa shape index (κ3) is 1.56. The molecule has 0 aromatic heterocycles. The van der Waals surface area contributed by atoms with Crippen LogP contribution in [0.1, 0.15) is 23.0 Å². The van der Waals surface area contributed by atoms with Gasteiger partial charge in [0.05, 0.1) is 11.8 Å². The first-order chi connectivity index (χ1) is 10.2. The molecule has 0 saturated carbocycles. The first-order valence-corrected chi connectivity index (χ1v) is 6.95. The van der Waals surface area contributed by atoms with Crippen molar-refractivity contribution >= 4 is 23.2 Å². The zero-order valence-electron chi connectivity index (χ0n) is 11.5. The van der Waals surface area contributed by atoms with E-state index in [-0.39, 0.29) is 11.8 Å². The molecule has 0 radical (unpaired) electrons. The molecule has 4 nitrogen and oxygen atoms in total. The van der Waals surface area contributed by atoms with E-state index in [2.05, 4.69) is 5.32 Å². The van der Waals surface area contributed by atoms with Gasteiger partial charge in [0.1, 0.15) is 0 Å². The van der Waals surface area contributed by atoms with Crippen molar-refractivity contribution in [1.29, 1.82) is 0 Å². The molecule has 2 heterocycles. The molecular formula is C17H14N2O2. The van der Waals surface area contributed by atoms with Gasteiger partial charge >= 0.3 is 0 Å². The van der Waals surface area contributed by atoms with E-state index < -0.39 is 11.8 Å². The Morgan fingerprint density at radius 2 is 1.57 bits per heavy atom. The van der Waals surface area contributed by atoms with E-state index in [9.17, 15) is 9.59 Å². The van der Waals surface area contributed by atoms with Crippen molar-refractivity contribution in [2.45, 2.75) is 11.8 Å². The van der Waals surface area contributed by atoms with Crippen molar-refractivity contribution in [1.82, 2.24) is 0 Å². The van der Waals surface area contributed by atoms with E-state index in [0.717, 1.165) is 22.5 Å². The van der Waals surface area contributed by atoms with Crippen molar-refractivity contribution in [3.05, 3.63) is 59.7 Å². The van der Waals surface area contributed by atoms with E-state index in [1.54, 1.807) is 11.9 Å². The number of hydrogen-bond donors (Lipinski definition) is 1. The molecule has 2 aromatic carbocycles. The summed E-state index contributed by atoms with van der Waals surface area (Å²) in [4.78, 5) is 26.7. The minimum atomic E-state index is -0.445. The van der Waals surface area contributed by atoms with Gasteiger partial charge in [0.15, 0.2) is 0 Å². The summed E-state index contributed by atoms with van der Waals surface area (Å²) in [6.07, 6.45) is 0. The average molecular weight is 278 g/mol. The maximum atomic E-state index is 12.7. The average Bonchev–Trinajstić information content (AvgIpc) is 2.95. The minimum absolute atomic E-state index is 0.0203. The molecule has 2 atom stereocenters. The second-order valence-corrected chi connectivity index (χ2v) is 5.49. The highest BCUT2D eigenvalue weighted by Gasteiger charge is 2.46. The van der Waals surface area contributed by atoms with E-state index in [1.807, 2.05) is 48.5 Å². The normalized spacial score (nSPS) is 23.0. The molecule has 0 bridgehead atoms. The van der Waals surface area contributed by atoms with Crippen LogP contribution in [0.25, 0.3) is 0 Å². The van der Waals surface area contributed by atoms with Crippen LogP contribution in [0.5, 0.6) is 0 Å². The number of para-hydroxylation sites is 2. The first-order valence-electron chi connectivity index (χ1n) is 6.95. The Kier molecular flexibility index (Phi) is 2.42. The molecule has 0 fully saturated rings. The number of carbonyl (C=O) groups is 2. The number of nitrogens with one attached hydrogen (secondary N) is 1. The molecule has 0 unspecified atom stereocenters. The number of anilines is 2. The quantitative estimate of drug-likeness (QED) is 0.871. The Labute approximate surface area is 122 Å². The van der Waals surface area contributed by atoms with Crippen molar-refractivity contribution in [2.75, 3.05) is 17.3 Å². The Bertz CT molecular complexity index is 769. The number of rotatable bonds is 1. The number of benzene rings is 2. The van der Waals surface area contributed by atoms with Gasteiger partial charge in [-0.05, 0) is 23.3 Å². The van der Waals surface area contributed by atoms with Crippen LogP contribution in [-0.4, -0.2) is 18.9 Å². The maximum Gasteiger partial charge on any atom is 0.235 e. The Morgan fingerprint density at radius 3 is 2.38 bits per heavy atom. The fraction of sp³-hybridized carbons (Fsp3) is 0.176. The number of carbonyl (C=O) groups excluding carboxylic acids is 2. The van der Waals surface area contributed by atoms with Crippen LogP contribution in [-0.2, 0) is 9.59 Å². The Balaban J connectivity index is 1.88. The van der Waals surface area contributed by atoms with E-state index in [0.29, 0.717) is 0 Å². The molecule has 104 valence electrons. The van der Waals surface area contributed by atoms with Crippen molar-refractivity contribution in [3.63, 3.8) is 0 Å². The molecule has 2 amide bonds. The van der Waals surface area contributed by atoms with Gasteiger partial charge in [0.2, 0.25) is 11.8 Å². The molecule has 2 aliphatic rings. The fourth-order valence-electron chi connectivity index (χ4n) is 3.40. The van der Waals surface area contributed by atoms with Gasteiger partial charge in [-0.25, -0.2) is 0 Å². The summed E-state index contributed by atoms with van der Waals surface area (Å²) in [5.41, 5.74) is 3.55.